The minimum absolute atomic E-state index is 0.232. The smallest absolute Gasteiger partial charge is 0.337 e. The molecule has 3 N–H and O–H groups in total. The first-order valence-corrected chi connectivity index (χ1v) is 9.26. The highest BCUT2D eigenvalue weighted by Crippen LogP contribution is 2.24. The summed E-state index contributed by atoms with van der Waals surface area (Å²) in [6, 6.07) is 5.36. The van der Waals surface area contributed by atoms with Gasteiger partial charge in [-0.1, -0.05) is 23.9 Å². The van der Waals surface area contributed by atoms with Gasteiger partial charge in [0.15, 0.2) is 5.82 Å². The number of rotatable bonds is 6. The molecule has 0 radical (unpaired) electrons. The maximum atomic E-state index is 13.9. The van der Waals surface area contributed by atoms with Crippen LogP contribution in [0.25, 0.3) is 11.4 Å². The summed E-state index contributed by atoms with van der Waals surface area (Å²) >= 11 is 1.21. The normalized spacial score (nSPS) is 16.7. The van der Waals surface area contributed by atoms with Crippen LogP contribution < -0.4 is 10.6 Å². The fraction of sp³-hybridized carbons (Fsp3) is 0.294. The molecule has 0 bridgehead atoms. The van der Waals surface area contributed by atoms with Crippen molar-refractivity contribution in [2.45, 2.75) is 25.0 Å². The number of H-pyrrole nitrogens is 1. The average molecular weight is 391 g/mol. The number of esters is 1. The molecule has 10 heteroatoms. The molecule has 142 valence electrons. The maximum Gasteiger partial charge on any atom is 0.337 e. The van der Waals surface area contributed by atoms with Crippen molar-refractivity contribution in [3.8, 4) is 11.4 Å². The minimum Gasteiger partial charge on any atom is -0.463 e. The summed E-state index contributed by atoms with van der Waals surface area (Å²) in [7, 11) is 0. The Balaban J connectivity index is 1.78. The van der Waals surface area contributed by atoms with E-state index < -0.39 is 23.9 Å². The van der Waals surface area contributed by atoms with Crippen LogP contribution in [0.4, 0.5) is 9.18 Å². The lowest BCUT2D eigenvalue weighted by Crippen LogP contribution is -2.49. The van der Waals surface area contributed by atoms with Crippen LogP contribution in [-0.2, 0) is 9.53 Å². The zero-order chi connectivity index (χ0) is 19.4. The third-order valence-electron chi connectivity index (χ3n) is 3.80. The van der Waals surface area contributed by atoms with Crippen LogP contribution in [0.2, 0.25) is 0 Å². The number of hydrogen-bond acceptors (Lipinski definition) is 6. The van der Waals surface area contributed by atoms with Gasteiger partial charge in [-0.05, 0) is 26.0 Å². The van der Waals surface area contributed by atoms with E-state index in [0.29, 0.717) is 27.8 Å². The second-order valence-electron chi connectivity index (χ2n) is 5.67. The molecule has 0 unspecified atom stereocenters. The Morgan fingerprint density at radius 2 is 2.15 bits per heavy atom. The first-order chi connectivity index (χ1) is 13.0. The van der Waals surface area contributed by atoms with E-state index in [1.807, 2.05) is 0 Å². The lowest BCUT2D eigenvalue weighted by molar-refractivity contribution is -0.138. The summed E-state index contributed by atoms with van der Waals surface area (Å²) in [6.45, 7) is 3.65. The van der Waals surface area contributed by atoms with E-state index in [1.165, 1.54) is 17.8 Å². The van der Waals surface area contributed by atoms with E-state index in [-0.39, 0.29) is 12.4 Å². The van der Waals surface area contributed by atoms with Crippen molar-refractivity contribution in [1.29, 1.82) is 0 Å². The van der Waals surface area contributed by atoms with Gasteiger partial charge in [-0.3, -0.25) is 5.10 Å². The molecule has 1 aliphatic heterocycles. The van der Waals surface area contributed by atoms with Gasteiger partial charge in [-0.15, -0.1) is 5.10 Å². The van der Waals surface area contributed by atoms with Crippen molar-refractivity contribution in [1.82, 2.24) is 25.8 Å². The lowest BCUT2D eigenvalue weighted by Gasteiger charge is -2.26. The van der Waals surface area contributed by atoms with Crippen LogP contribution in [-0.4, -0.2) is 45.6 Å². The number of aromatic amines is 1. The average Bonchev–Trinajstić information content (AvgIpc) is 3.08. The molecule has 1 aliphatic rings. The Morgan fingerprint density at radius 1 is 1.37 bits per heavy atom. The summed E-state index contributed by atoms with van der Waals surface area (Å²) in [5.41, 5.74) is 1.10. The second kappa shape index (κ2) is 8.21. The number of urea groups is 1. The zero-order valence-electron chi connectivity index (χ0n) is 14.7. The number of thioether (sulfide) groups is 1. The van der Waals surface area contributed by atoms with E-state index in [9.17, 15) is 14.0 Å². The standard InChI is InChI=1S/C17H18FN5O3S/c1-3-26-15(24)13-9(2)19-16(25)20-12(13)8-27-17-21-14(22-23-17)10-6-4-5-7-11(10)18/h4-7,9H,3,8H2,1-2H3,(H2,19,20,25)(H,21,22,23)/t9-/m1/s1. The number of benzene rings is 1. The Hall–Kier alpha value is -2.88. The second-order valence-corrected chi connectivity index (χ2v) is 6.61. The Kier molecular flexibility index (Phi) is 5.75. The fourth-order valence-electron chi connectivity index (χ4n) is 2.61. The molecular weight excluding hydrogens is 373 g/mol. The third-order valence-corrected chi connectivity index (χ3v) is 4.68. The van der Waals surface area contributed by atoms with E-state index in [1.54, 1.807) is 32.0 Å². The molecule has 0 spiro atoms. The number of carbonyl (C=O) groups is 2. The molecule has 1 atom stereocenters. The Labute approximate surface area is 159 Å². The number of nitrogens with one attached hydrogen (secondary N) is 3. The first kappa shape index (κ1) is 18.9. The largest absolute Gasteiger partial charge is 0.463 e. The molecule has 2 amide bonds. The number of hydrogen-bond donors (Lipinski definition) is 3. The molecule has 2 heterocycles. The SMILES string of the molecule is CCOC(=O)C1=C(CSc2n[nH]c(-c3ccccc3F)n2)NC(=O)N[C@@H]1C. The van der Waals surface area contributed by atoms with Crippen molar-refractivity contribution < 1.29 is 18.7 Å². The van der Waals surface area contributed by atoms with Crippen LogP contribution in [0, 0.1) is 5.82 Å². The highest BCUT2D eigenvalue weighted by molar-refractivity contribution is 7.99. The van der Waals surface area contributed by atoms with Gasteiger partial charge in [0.05, 0.1) is 23.8 Å². The summed E-state index contributed by atoms with van der Waals surface area (Å²) < 4.78 is 18.9. The molecule has 8 nitrogen and oxygen atoms in total. The summed E-state index contributed by atoms with van der Waals surface area (Å²) in [5, 5.41) is 12.4. The third kappa shape index (κ3) is 4.27. The van der Waals surface area contributed by atoms with Gasteiger partial charge < -0.3 is 15.4 Å². The Bertz CT molecular complexity index is 898. The number of nitrogens with zero attached hydrogens (tertiary/aromatic N) is 2. The van der Waals surface area contributed by atoms with E-state index in [0.717, 1.165) is 0 Å². The molecule has 0 fully saturated rings. The molecular formula is C17H18FN5O3S. The highest BCUT2D eigenvalue weighted by Gasteiger charge is 2.29. The van der Waals surface area contributed by atoms with Crippen LogP contribution in [0.3, 0.4) is 0 Å². The van der Waals surface area contributed by atoms with Crippen molar-refractivity contribution >= 4 is 23.8 Å². The number of halogens is 1. The molecule has 1 aromatic carbocycles. The van der Waals surface area contributed by atoms with E-state index in [2.05, 4.69) is 25.8 Å². The minimum atomic E-state index is -0.491. The summed E-state index contributed by atoms with van der Waals surface area (Å²) in [4.78, 5) is 28.2. The van der Waals surface area contributed by atoms with Gasteiger partial charge in [-0.25, -0.2) is 19.0 Å². The molecule has 0 saturated carbocycles. The van der Waals surface area contributed by atoms with Crippen LogP contribution in [0.1, 0.15) is 13.8 Å². The van der Waals surface area contributed by atoms with Crippen molar-refractivity contribution in [3.63, 3.8) is 0 Å². The highest BCUT2D eigenvalue weighted by atomic mass is 32.2. The van der Waals surface area contributed by atoms with Crippen molar-refractivity contribution in [2.75, 3.05) is 12.4 Å². The maximum absolute atomic E-state index is 13.9. The predicted octanol–water partition coefficient (Wildman–Crippen LogP) is 2.22. The monoisotopic (exact) mass is 391 g/mol. The van der Waals surface area contributed by atoms with Crippen molar-refractivity contribution in [2.24, 2.45) is 0 Å². The zero-order valence-corrected chi connectivity index (χ0v) is 15.5. The van der Waals surface area contributed by atoms with Crippen LogP contribution in [0.15, 0.2) is 40.7 Å². The van der Waals surface area contributed by atoms with Gasteiger partial charge >= 0.3 is 12.0 Å². The fourth-order valence-corrected chi connectivity index (χ4v) is 3.38. The number of ether oxygens (including phenoxy) is 1. The lowest BCUT2D eigenvalue weighted by atomic mass is 10.1. The van der Waals surface area contributed by atoms with Gasteiger partial charge in [-0.2, -0.15) is 0 Å². The molecule has 1 aromatic heterocycles. The van der Waals surface area contributed by atoms with Crippen molar-refractivity contribution in [3.05, 3.63) is 41.4 Å². The van der Waals surface area contributed by atoms with Crippen LogP contribution >= 0.6 is 11.8 Å². The predicted molar refractivity (Wildman–Crippen MR) is 97.3 cm³/mol. The van der Waals surface area contributed by atoms with Gasteiger partial charge in [0, 0.05) is 11.4 Å². The summed E-state index contributed by atoms with van der Waals surface area (Å²) in [5.74, 6) is -0.342. The molecule has 0 aliphatic carbocycles. The summed E-state index contributed by atoms with van der Waals surface area (Å²) in [6.07, 6.45) is 0. The van der Waals surface area contributed by atoms with Gasteiger partial charge in [0.1, 0.15) is 5.82 Å². The molecule has 0 saturated heterocycles. The number of aromatic nitrogens is 3. The quantitative estimate of drug-likeness (QED) is 0.515. The number of carbonyl (C=O) groups excluding carboxylic acids is 2. The molecule has 2 aromatic rings. The Morgan fingerprint density at radius 3 is 2.89 bits per heavy atom. The molecule has 27 heavy (non-hydrogen) atoms. The first-order valence-electron chi connectivity index (χ1n) is 8.27. The van der Waals surface area contributed by atoms with Gasteiger partial charge in [0.2, 0.25) is 5.16 Å². The topological polar surface area (TPSA) is 109 Å². The number of amides is 2. The van der Waals surface area contributed by atoms with E-state index >= 15 is 0 Å². The van der Waals surface area contributed by atoms with Gasteiger partial charge in [0.25, 0.3) is 0 Å². The van der Waals surface area contributed by atoms with E-state index in [4.69, 9.17) is 4.74 Å². The van der Waals surface area contributed by atoms with Crippen LogP contribution in [0.5, 0.6) is 0 Å². The molecule has 3 rings (SSSR count).